The second-order valence-electron chi connectivity index (χ2n) is 4.90. The number of ether oxygens (including phenoxy) is 1. The van der Waals surface area contributed by atoms with Crippen LogP contribution in [0.25, 0.3) is 0 Å². The topological polar surface area (TPSA) is 83.8 Å². The number of carboxylic acid groups (broad SMARTS) is 1. The second-order valence-corrected chi connectivity index (χ2v) is 4.90. The predicted octanol–water partition coefficient (Wildman–Crippen LogP) is 1.52. The van der Waals surface area contributed by atoms with Crippen LogP contribution in [0.4, 0.5) is 0 Å². The SMILES string of the molecule is C=CC(=O)OCC1CCC(C=C(C)C(=O)O)C(O)C1. The molecule has 0 aliphatic heterocycles. The quantitative estimate of drug-likeness (QED) is 0.583. The van der Waals surface area contributed by atoms with Crippen LogP contribution in [-0.4, -0.2) is 34.9 Å². The van der Waals surface area contributed by atoms with Gasteiger partial charge in [-0.2, -0.15) is 0 Å². The predicted molar refractivity (Wildman–Crippen MR) is 69.4 cm³/mol. The maximum atomic E-state index is 10.9. The van der Waals surface area contributed by atoms with E-state index in [2.05, 4.69) is 6.58 Å². The molecular formula is C14H20O5. The lowest BCUT2D eigenvalue weighted by molar-refractivity contribution is -0.140. The molecular weight excluding hydrogens is 248 g/mol. The molecule has 0 heterocycles. The van der Waals surface area contributed by atoms with Crippen LogP contribution >= 0.6 is 0 Å². The Kier molecular flexibility index (Phi) is 5.76. The van der Waals surface area contributed by atoms with E-state index in [0.717, 1.165) is 12.5 Å². The van der Waals surface area contributed by atoms with E-state index in [-0.39, 0.29) is 24.0 Å². The normalized spacial score (nSPS) is 27.7. The van der Waals surface area contributed by atoms with Crippen molar-refractivity contribution in [3.05, 3.63) is 24.3 Å². The first-order chi connectivity index (χ1) is 8.93. The van der Waals surface area contributed by atoms with Crippen molar-refractivity contribution >= 4 is 11.9 Å². The number of aliphatic hydroxyl groups is 1. The molecule has 5 nitrogen and oxygen atoms in total. The molecule has 3 atom stereocenters. The Labute approximate surface area is 112 Å². The van der Waals surface area contributed by atoms with Crippen LogP contribution in [0.2, 0.25) is 0 Å². The summed E-state index contributed by atoms with van der Waals surface area (Å²) in [7, 11) is 0. The summed E-state index contributed by atoms with van der Waals surface area (Å²) in [6.07, 6.45) is 4.14. The number of hydrogen-bond donors (Lipinski definition) is 2. The van der Waals surface area contributed by atoms with Crippen molar-refractivity contribution in [1.82, 2.24) is 0 Å². The highest BCUT2D eigenvalue weighted by Crippen LogP contribution is 2.31. The van der Waals surface area contributed by atoms with Crippen LogP contribution < -0.4 is 0 Å². The van der Waals surface area contributed by atoms with Gasteiger partial charge in [-0.1, -0.05) is 12.7 Å². The Morgan fingerprint density at radius 1 is 1.42 bits per heavy atom. The second kappa shape index (κ2) is 7.09. The first kappa shape index (κ1) is 15.4. The zero-order valence-corrected chi connectivity index (χ0v) is 11.0. The van der Waals surface area contributed by atoms with Gasteiger partial charge >= 0.3 is 11.9 Å². The summed E-state index contributed by atoms with van der Waals surface area (Å²) in [4.78, 5) is 21.7. The first-order valence-corrected chi connectivity index (χ1v) is 6.33. The molecule has 0 spiro atoms. The zero-order chi connectivity index (χ0) is 14.4. The van der Waals surface area contributed by atoms with Gasteiger partial charge in [0.25, 0.3) is 0 Å². The summed E-state index contributed by atoms with van der Waals surface area (Å²) < 4.78 is 4.96. The molecule has 106 valence electrons. The Bertz CT molecular complexity index is 385. The Hall–Kier alpha value is -1.62. The fraction of sp³-hybridized carbons (Fsp3) is 0.571. The minimum atomic E-state index is -0.964. The molecule has 1 rings (SSSR count). The molecule has 0 aromatic carbocycles. The number of aliphatic carboxylic acids is 1. The number of carbonyl (C=O) groups excluding carboxylic acids is 1. The van der Waals surface area contributed by atoms with Gasteiger partial charge in [-0.25, -0.2) is 9.59 Å². The molecule has 1 aliphatic carbocycles. The third-order valence-corrected chi connectivity index (χ3v) is 3.41. The number of hydrogen-bond acceptors (Lipinski definition) is 4. The van der Waals surface area contributed by atoms with E-state index in [4.69, 9.17) is 9.84 Å². The third-order valence-electron chi connectivity index (χ3n) is 3.41. The van der Waals surface area contributed by atoms with Gasteiger partial charge in [0, 0.05) is 17.6 Å². The summed E-state index contributed by atoms with van der Waals surface area (Å²) >= 11 is 0. The average molecular weight is 268 g/mol. The highest BCUT2D eigenvalue weighted by molar-refractivity contribution is 5.85. The lowest BCUT2D eigenvalue weighted by Gasteiger charge is -2.31. The fourth-order valence-corrected chi connectivity index (χ4v) is 2.25. The molecule has 0 amide bonds. The lowest BCUT2D eigenvalue weighted by atomic mass is 9.79. The van der Waals surface area contributed by atoms with E-state index in [9.17, 15) is 14.7 Å². The van der Waals surface area contributed by atoms with Crippen LogP contribution in [0.3, 0.4) is 0 Å². The monoisotopic (exact) mass is 268 g/mol. The number of carboxylic acids is 1. The maximum absolute atomic E-state index is 10.9. The number of esters is 1. The van der Waals surface area contributed by atoms with E-state index in [1.54, 1.807) is 6.08 Å². The summed E-state index contributed by atoms with van der Waals surface area (Å²) in [6, 6.07) is 0. The molecule has 0 saturated heterocycles. The van der Waals surface area contributed by atoms with Gasteiger partial charge in [0.05, 0.1) is 12.7 Å². The average Bonchev–Trinajstić information content (AvgIpc) is 2.38. The van der Waals surface area contributed by atoms with Gasteiger partial charge in [-0.15, -0.1) is 0 Å². The van der Waals surface area contributed by atoms with Crippen molar-refractivity contribution in [1.29, 1.82) is 0 Å². The summed E-state index contributed by atoms with van der Waals surface area (Å²) in [5.41, 5.74) is 0.251. The minimum absolute atomic E-state index is 0.119. The molecule has 1 saturated carbocycles. The molecule has 19 heavy (non-hydrogen) atoms. The molecule has 0 aromatic rings. The van der Waals surface area contributed by atoms with Crippen LogP contribution in [0.1, 0.15) is 26.2 Å². The number of aliphatic hydroxyl groups excluding tert-OH is 1. The van der Waals surface area contributed by atoms with Crippen LogP contribution in [0.15, 0.2) is 24.3 Å². The van der Waals surface area contributed by atoms with Crippen molar-refractivity contribution in [3.63, 3.8) is 0 Å². The van der Waals surface area contributed by atoms with E-state index < -0.39 is 18.0 Å². The van der Waals surface area contributed by atoms with Crippen molar-refractivity contribution < 1.29 is 24.5 Å². The highest BCUT2D eigenvalue weighted by atomic mass is 16.5. The smallest absolute Gasteiger partial charge is 0.330 e. The van der Waals surface area contributed by atoms with Crippen molar-refractivity contribution in [2.45, 2.75) is 32.3 Å². The molecule has 0 aromatic heterocycles. The molecule has 1 aliphatic rings. The number of rotatable bonds is 5. The van der Waals surface area contributed by atoms with E-state index >= 15 is 0 Å². The summed E-state index contributed by atoms with van der Waals surface area (Å²) in [6.45, 7) is 5.11. The number of carbonyl (C=O) groups is 2. The van der Waals surface area contributed by atoms with E-state index in [1.165, 1.54) is 6.92 Å². The molecule has 0 radical (unpaired) electrons. The van der Waals surface area contributed by atoms with Crippen molar-refractivity contribution in [3.8, 4) is 0 Å². The molecule has 1 fully saturated rings. The highest BCUT2D eigenvalue weighted by Gasteiger charge is 2.28. The van der Waals surface area contributed by atoms with Crippen LogP contribution in [-0.2, 0) is 14.3 Å². The molecule has 5 heteroatoms. The Morgan fingerprint density at radius 3 is 2.63 bits per heavy atom. The first-order valence-electron chi connectivity index (χ1n) is 6.33. The summed E-state index contributed by atoms with van der Waals surface area (Å²) in [5.74, 6) is -1.44. The molecule has 0 bridgehead atoms. The van der Waals surface area contributed by atoms with Crippen LogP contribution in [0.5, 0.6) is 0 Å². The Balaban J connectivity index is 2.47. The van der Waals surface area contributed by atoms with Gasteiger partial charge in [0.15, 0.2) is 0 Å². The van der Waals surface area contributed by atoms with Crippen molar-refractivity contribution in [2.75, 3.05) is 6.61 Å². The third kappa shape index (κ3) is 4.87. The largest absolute Gasteiger partial charge is 0.478 e. The Morgan fingerprint density at radius 2 is 2.11 bits per heavy atom. The minimum Gasteiger partial charge on any atom is -0.478 e. The van der Waals surface area contributed by atoms with Gasteiger partial charge in [0.2, 0.25) is 0 Å². The van der Waals surface area contributed by atoms with E-state index in [0.29, 0.717) is 12.8 Å². The van der Waals surface area contributed by atoms with Gasteiger partial charge < -0.3 is 14.9 Å². The lowest BCUT2D eigenvalue weighted by Crippen LogP contribution is -2.31. The van der Waals surface area contributed by atoms with Crippen LogP contribution in [0, 0.1) is 11.8 Å². The fourth-order valence-electron chi connectivity index (χ4n) is 2.25. The van der Waals surface area contributed by atoms with E-state index in [1.807, 2.05) is 0 Å². The van der Waals surface area contributed by atoms with Gasteiger partial charge in [-0.3, -0.25) is 0 Å². The van der Waals surface area contributed by atoms with Gasteiger partial charge in [-0.05, 0) is 32.1 Å². The standard InChI is InChI=1S/C14H20O5/c1-3-13(16)19-8-10-4-5-11(12(15)7-10)6-9(2)14(17)18/h3,6,10-12,15H,1,4-5,7-8H2,2H3,(H,17,18). The molecule has 2 N–H and O–H groups in total. The summed E-state index contributed by atoms with van der Waals surface area (Å²) in [5, 5.41) is 18.8. The van der Waals surface area contributed by atoms with Crippen molar-refractivity contribution in [2.24, 2.45) is 11.8 Å². The zero-order valence-electron chi connectivity index (χ0n) is 11.0. The maximum Gasteiger partial charge on any atom is 0.330 e. The van der Waals surface area contributed by atoms with Gasteiger partial charge in [0.1, 0.15) is 0 Å². The molecule has 3 unspecified atom stereocenters.